The smallest absolute Gasteiger partial charge is 0.287 e. The van der Waals surface area contributed by atoms with Crippen molar-refractivity contribution in [3.63, 3.8) is 0 Å². The maximum atomic E-state index is 13.7. The van der Waals surface area contributed by atoms with Gasteiger partial charge in [0.1, 0.15) is 17.6 Å². The molecule has 0 spiro atoms. The van der Waals surface area contributed by atoms with Crippen LogP contribution >= 0.6 is 0 Å². The summed E-state index contributed by atoms with van der Waals surface area (Å²) in [6.07, 6.45) is 6.31. The van der Waals surface area contributed by atoms with E-state index in [9.17, 15) is 14.7 Å². The summed E-state index contributed by atoms with van der Waals surface area (Å²) < 4.78 is 11.0. The number of rotatable bonds is 6. The minimum Gasteiger partial charge on any atom is -0.508 e. The van der Waals surface area contributed by atoms with E-state index in [1.807, 2.05) is 18.2 Å². The van der Waals surface area contributed by atoms with E-state index in [0.717, 1.165) is 5.56 Å². The summed E-state index contributed by atoms with van der Waals surface area (Å²) in [4.78, 5) is 30.3. The lowest BCUT2D eigenvalue weighted by atomic mass is 9.96. The number of ether oxygens (including phenoxy) is 1. The SMILES string of the molecule is Cc1ccc(C(=O)NCC2OC=CC2C(=O)N2N=C(c3cccnc3)CC2c2ccccc2O)o1. The molecule has 178 valence electrons. The monoisotopic (exact) mass is 472 g/mol. The van der Waals surface area contributed by atoms with Gasteiger partial charge in [0.15, 0.2) is 5.76 Å². The Morgan fingerprint density at radius 2 is 2.03 bits per heavy atom. The summed E-state index contributed by atoms with van der Waals surface area (Å²) in [6, 6.07) is 13.4. The van der Waals surface area contributed by atoms with Gasteiger partial charge < -0.3 is 19.6 Å². The fourth-order valence-electron chi connectivity index (χ4n) is 4.28. The van der Waals surface area contributed by atoms with Crippen molar-refractivity contribution in [2.45, 2.75) is 25.5 Å². The van der Waals surface area contributed by atoms with Crippen molar-refractivity contribution >= 4 is 17.5 Å². The molecule has 2 N–H and O–H groups in total. The van der Waals surface area contributed by atoms with Gasteiger partial charge in [-0.3, -0.25) is 14.6 Å². The van der Waals surface area contributed by atoms with Crippen molar-refractivity contribution in [1.29, 1.82) is 0 Å². The van der Waals surface area contributed by atoms with E-state index in [4.69, 9.17) is 9.15 Å². The van der Waals surface area contributed by atoms with Crippen LogP contribution in [0.2, 0.25) is 0 Å². The Balaban J connectivity index is 1.37. The van der Waals surface area contributed by atoms with Gasteiger partial charge in [-0.05, 0) is 37.3 Å². The van der Waals surface area contributed by atoms with E-state index in [-0.39, 0.29) is 29.9 Å². The molecule has 0 aliphatic carbocycles. The number of aromatic hydroxyl groups is 1. The highest BCUT2D eigenvalue weighted by Gasteiger charge is 2.41. The number of aryl methyl sites for hydroxylation is 1. The summed E-state index contributed by atoms with van der Waals surface area (Å²) in [6.45, 7) is 1.86. The second-order valence-corrected chi connectivity index (χ2v) is 8.40. The Morgan fingerprint density at radius 3 is 2.77 bits per heavy atom. The van der Waals surface area contributed by atoms with Gasteiger partial charge in [0.25, 0.3) is 11.8 Å². The number of hydrazone groups is 1. The van der Waals surface area contributed by atoms with Crippen LogP contribution < -0.4 is 5.32 Å². The molecule has 5 rings (SSSR count). The fraction of sp³-hybridized carbons (Fsp3) is 0.231. The highest BCUT2D eigenvalue weighted by molar-refractivity contribution is 6.03. The first kappa shape index (κ1) is 22.4. The van der Waals surface area contributed by atoms with Crippen molar-refractivity contribution in [1.82, 2.24) is 15.3 Å². The molecule has 0 bridgehead atoms. The number of furan rings is 1. The normalized spacial score (nSPS) is 21.0. The number of nitrogens with one attached hydrogen (secondary N) is 1. The third kappa shape index (κ3) is 4.52. The van der Waals surface area contributed by atoms with E-state index in [0.29, 0.717) is 23.5 Å². The summed E-state index contributed by atoms with van der Waals surface area (Å²) >= 11 is 0. The molecule has 35 heavy (non-hydrogen) atoms. The van der Waals surface area contributed by atoms with E-state index >= 15 is 0 Å². The lowest BCUT2D eigenvalue weighted by Crippen LogP contribution is -2.42. The van der Waals surface area contributed by atoms with Crippen LogP contribution in [-0.2, 0) is 9.53 Å². The molecule has 1 aromatic carbocycles. The van der Waals surface area contributed by atoms with Gasteiger partial charge in [-0.1, -0.05) is 24.3 Å². The zero-order valence-electron chi connectivity index (χ0n) is 19.0. The maximum Gasteiger partial charge on any atom is 0.287 e. The topological polar surface area (TPSA) is 117 Å². The average Bonchev–Trinajstić information content (AvgIpc) is 3.63. The van der Waals surface area contributed by atoms with Crippen LogP contribution in [0.1, 0.15) is 39.9 Å². The molecule has 2 aromatic heterocycles. The van der Waals surface area contributed by atoms with Gasteiger partial charge >= 0.3 is 0 Å². The van der Waals surface area contributed by atoms with E-state index in [2.05, 4.69) is 15.4 Å². The maximum absolute atomic E-state index is 13.7. The number of phenols is 1. The number of hydrogen-bond donors (Lipinski definition) is 2. The lowest BCUT2D eigenvalue weighted by Gasteiger charge is -2.27. The number of carbonyl (C=O) groups is 2. The van der Waals surface area contributed by atoms with E-state index in [1.54, 1.807) is 55.7 Å². The van der Waals surface area contributed by atoms with Gasteiger partial charge in [0, 0.05) is 29.9 Å². The molecular formula is C26H24N4O5. The highest BCUT2D eigenvalue weighted by atomic mass is 16.5. The molecule has 0 radical (unpaired) electrons. The Kier molecular flexibility index (Phi) is 6.05. The number of phenolic OH excluding ortho intramolecular Hbond substituents is 1. The Labute approximate surface area is 201 Å². The van der Waals surface area contributed by atoms with Gasteiger partial charge in [-0.2, -0.15) is 5.10 Å². The average molecular weight is 473 g/mol. The first-order valence-corrected chi connectivity index (χ1v) is 11.3. The largest absolute Gasteiger partial charge is 0.508 e. The zero-order valence-corrected chi connectivity index (χ0v) is 19.0. The fourth-order valence-corrected chi connectivity index (χ4v) is 4.28. The van der Waals surface area contributed by atoms with E-state index in [1.165, 1.54) is 11.3 Å². The molecule has 3 aromatic rings. The molecule has 2 amide bonds. The molecular weight excluding hydrogens is 448 g/mol. The third-order valence-corrected chi connectivity index (χ3v) is 6.08. The number of aromatic nitrogens is 1. The number of para-hydroxylation sites is 1. The number of carbonyl (C=O) groups excluding carboxylic acids is 2. The number of nitrogens with zero attached hydrogens (tertiary/aromatic N) is 3. The standard InChI is InChI=1S/C26H24N4O5/c1-16-8-9-23(35-16)25(32)28-15-24-19(10-12-34-24)26(33)30-21(18-6-2-3-7-22(18)31)13-20(29-30)17-5-4-11-27-14-17/h2-12,14,19,21,24,31H,13,15H2,1H3,(H,28,32). The minimum absolute atomic E-state index is 0.0914. The highest BCUT2D eigenvalue weighted by Crippen LogP contribution is 2.38. The van der Waals surface area contributed by atoms with Crippen molar-refractivity contribution in [3.8, 4) is 5.75 Å². The van der Waals surface area contributed by atoms with Crippen LogP contribution in [0.15, 0.2) is 82.8 Å². The molecule has 2 aliphatic rings. The molecule has 0 saturated carbocycles. The minimum atomic E-state index is -0.668. The van der Waals surface area contributed by atoms with Crippen molar-refractivity contribution < 1.29 is 23.8 Å². The Hall–Kier alpha value is -4.40. The van der Waals surface area contributed by atoms with Gasteiger partial charge in [0.2, 0.25) is 0 Å². The summed E-state index contributed by atoms with van der Waals surface area (Å²) in [5, 5.41) is 19.3. The van der Waals surface area contributed by atoms with Crippen LogP contribution in [0.5, 0.6) is 5.75 Å². The molecule has 2 aliphatic heterocycles. The van der Waals surface area contributed by atoms with Crippen LogP contribution in [0.4, 0.5) is 0 Å². The summed E-state index contributed by atoms with van der Waals surface area (Å²) in [5.41, 5.74) is 2.10. The quantitative estimate of drug-likeness (QED) is 0.568. The van der Waals surface area contributed by atoms with Crippen molar-refractivity contribution in [3.05, 3.63) is 95.9 Å². The second kappa shape index (κ2) is 9.46. The first-order chi connectivity index (χ1) is 17.0. The van der Waals surface area contributed by atoms with Gasteiger partial charge in [-0.25, -0.2) is 5.01 Å². The summed E-state index contributed by atoms with van der Waals surface area (Å²) in [5.74, 6) is -0.425. The Morgan fingerprint density at radius 1 is 1.17 bits per heavy atom. The predicted octanol–water partition coefficient (Wildman–Crippen LogP) is 3.33. The number of amides is 2. The lowest BCUT2D eigenvalue weighted by molar-refractivity contribution is -0.138. The van der Waals surface area contributed by atoms with Crippen LogP contribution in [0, 0.1) is 12.8 Å². The van der Waals surface area contributed by atoms with Crippen molar-refractivity contribution in [2.24, 2.45) is 11.0 Å². The number of benzene rings is 1. The zero-order chi connectivity index (χ0) is 24.4. The summed E-state index contributed by atoms with van der Waals surface area (Å²) in [7, 11) is 0. The molecule has 9 heteroatoms. The van der Waals surface area contributed by atoms with Gasteiger partial charge in [-0.15, -0.1) is 0 Å². The van der Waals surface area contributed by atoms with Crippen LogP contribution in [0.3, 0.4) is 0 Å². The predicted molar refractivity (Wildman–Crippen MR) is 126 cm³/mol. The third-order valence-electron chi connectivity index (χ3n) is 6.08. The van der Waals surface area contributed by atoms with E-state index < -0.39 is 18.1 Å². The second-order valence-electron chi connectivity index (χ2n) is 8.40. The molecule has 9 nitrogen and oxygen atoms in total. The number of pyridine rings is 1. The van der Waals surface area contributed by atoms with Crippen LogP contribution in [0.25, 0.3) is 0 Å². The van der Waals surface area contributed by atoms with Gasteiger partial charge in [0.05, 0.1) is 30.5 Å². The van der Waals surface area contributed by atoms with Crippen LogP contribution in [-0.4, -0.2) is 45.3 Å². The van der Waals surface area contributed by atoms with Crippen molar-refractivity contribution in [2.75, 3.05) is 6.54 Å². The first-order valence-electron chi connectivity index (χ1n) is 11.3. The number of hydrogen-bond acceptors (Lipinski definition) is 7. The molecule has 0 saturated heterocycles. The molecule has 4 heterocycles. The molecule has 3 atom stereocenters. The molecule has 0 fully saturated rings. The Bertz CT molecular complexity index is 1300. The molecule has 3 unspecified atom stereocenters.